The van der Waals surface area contributed by atoms with Gasteiger partial charge in [-0.25, -0.2) is 0 Å². The van der Waals surface area contributed by atoms with Crippen LogP contribution < -0.4 is 0 Å². The molecule has 0 atom stereocenters. The molecule has 0 N–H and O–H groups in total. The normalized spacial score (nSPS) is 16.7. The zero-order valence-electron chi connectivity index (χ0n) is 10.8. The summed E-state index contributed by atoms with van der Waals surface area (Å²) in [5.74, 6) is -0.142. The van der Waals surface area contributed by atoms with Crippen molar-refractivity contribution in [2.75, 3.05) is 27.2 Å². The summed E-state index contributed by atoms with van der Waals surface area (Å²) in [4.78, 5) is 13.4. The Hall–Kier alpha value is -0.620. The van der Waals surface area contributed by atoms with Gasteiger partial charge in [0, 0.05) is 8.99 Å². The Balaban J connectivity index is 1.92. The molecule has 0 bridgehead atoms. The molecule has 0 aliphatic heterocycles. The highest BCUT2D eigenvalue weighted by atomic mass is 127. The van der Waals surface area contributed by atoms with E-state index in [1.165, 1.54) is 9.13 Å². The van der Waals surface area contributed by atoms with Crippen molar-refractivity contribution in [1.82, 2.24) is 4.90 Å². The number of likely N-dealkylation sites (N-methyl/N-ethyl adjacent to an activating group) is 1. The molecule has 3 nitrogen and oxygen atoms in total. The quantitative estimate of drug-likeness (QED) is 0.598. The molecule has 1 aliphatic carbocycles. The lowest BCUT2D eigenvalue weighted by atomic mass is 9.97. The average molecular weight is 359 g/mol. The number of carbonyl (C=O) groups is 1. The van der Waals surface area contributed by atoms with Crippen molar-refractivity contribution in [1.29, 1.82) is 0 Å². The summed E-state index contributed by atoms with van der Waals surface area (Å²) in [6, 6.07) is 8.51. The number of benzene rings is 1. The first-order chi connectivity index (χ1) is 8.52. The lowest BCUT2D eigenvalue weighted by molar-refractivity contribution is -0.145. The van der Waals surface area contributed by atoms with Crippen LogP contribution in [-0.2, 0) is 14.9 Å². The Morgan fingerprint density at radius 2 is 1.94 bits per heavy atom. The molecule has 0 heterocycles. The molecular formula is C14H18INO2. The largest absolute Gasteiger partial charge is 0.464 e. The average Bonchev–Trinajstić information content (AvgIpc) is 3.08. The Kier molecular flexibility index (Phi) is 4.27. The van der Waals surface area contributed by atoms with E-state index in [1.807, 2.05) is 19.0 Å². The van der Waals surface area contributed by atoms with Gasteiger partial charge in [0.1, 0.15) is 6.61 Å². The number of nitrogens with zero attached hydrogens (tertiary/aromatic N) is 1. The molecule has 4 heteroatoms. The highest BCUT2D eigenvalue weighted by Crippen LogP contribution is 2.48. The van der Waals surface area contributed by atoms with Gasteiger partial charge in [0.15, 0.2) is 0 Å². The fraction of sp³-hybridized carbons (Fsp3) is 0.500. The third-order valence-corrected chi connectivity index (χ3v) is 3.98. The fourth-order valence-corrected chi connectivity index (χ4v) is 2.35. The second-order valence-electron chi connectivity index (χ2n) is 5.19. The lowest BCUT2D eigenvalue weighted by Crippen LogP contribution is -2.26. The number of esters is 1. The molecule has 98 valence electrons. The first-order valence-electron chi connectivity index (χ1n) is 6.08. The minimum absolute atomic E-state index is 0.0896. The predicted octanol–water partition coefficient (Wildman–Crippen LogP) is 2.43. The molecule has 1 aliphatic rings. The van der Waals surface area contributed by atoms with Crippen LogP contribution in [0.15, 0.2) is 24.3 Å². The standard InChI is InChI=1S/C14H18INO2/c1-16(2)9-13(17)18-10-14(7-8-14)11-3-5-12(15)6-4-11/h3-6H,7-10H2,1-2H3. The SMILES string of the molecule is CN(C)CC(=O)OCC1(c2ccc(I)cc2)CC1. The maximum atomic E-state index is 11.5. The van der Waals surface area contributed by atoms with Crippen LogP contribution in [0.25, 0.3) is 0 Å². The first kappa shape index (κ1) is 13.8. The smallest absolute Gasteiger partial charge is 0.320 e. The van der Waals surface area contributed by atoms with Gasteiger partial charge in [0.25, 0.3) is 0 Å². The monoisotopic (exact) mass is 359 g/mol. The molecule has 1 aromatic rings. The molecule has 1 aromatic carbocycles. The van der Waals surface area contributed by atoms with Crippen molar-refractivity contribution in [3.05, 3.63) is 33.4 Å². The van der Waals surface area contributed by atoms with Crippen LogP contribution in [0.1, 0.15) is 18.4 Å². The van der Waals surface area contributed by atoms with Crippen molar-refractivity contribution in [2.45, 2.75) is 18.3 Å². The molecule has 0 unspecified atom stereocenters. The summed E-state index contributed by atoms with van der Waals surface area (Å²) < 4.78 is 6.62. The molecule has 2 rings (SSSR count). The van der Waals surface area contributed by atoms with E-state index < -0.39 is 0 Å². The van der Waals surface area contributed by atoms with E-state index in [-0.39, 0.29) is 11.4 Å². The van der Waals surface area contributed by atoms with Crippen molar-refractivity contribution < 1.29 is 9.53 Å². The van der Waals surface area contributed by atoms with Gasteiger partial charge in [0.2, 0.25) is 0 Å². The number of hydrogen-bond acceptors (Lipinski definition) is 3. The van der Waals surface area contributed by atoms with E-state index in [0.29, 0.717) is 13.2 Å². The Morgan fingerprint density at radius 1 is 1.33 bits per heavy atom. The fourth-order valence-electron chi connectivity index (χ4n) is 1.99. The summed E-state index contributed by atoms with van der Waals surface area (Å²) in [5, 5.41) is 0. The molecule has 0 radical (unpaired) electrons. The Bertz CT molecular complexity index is 424. The topological polar surface area (TPSA) is 29.5 Å². The van der Waals surface area contributed by atoms with Crippen molar-refractivity contribution >= 4 is 28.6 Å². The summed E-state index contributed by atoms with van der Waals surface area (Å²) >= 11 is 2.30. The minimum Gasteiger partial charge on any atom is -0.464 e. The highest BCUT2D eigenvalue weighted by molar-refractivity contribution is 14.1. The molecule has 1 fully saturated rings. The van der Waals surface area contributed by atoms with Crippen LogP contribution in [0.3, 0.4) is 0 Å². The summed E-state index contributed by atoms with van der Waals surface area (Å²) in [6.07, 6.45) is 2.23. The third-order valence-electron chi connectivity index (χ3n) is 3.26. The Labute approximate surface area is 122 Å². The van der Waals surface area contributed by atoms with Gasteiger partial charge in [0.05, 0.1) is 6.54 Å². The summed E-state index contributed by atoms with van der Waals surface area (Å²) in [5.41, 5.74) is 1.38. The van der Waals surface area contributed by atoms with Crippen molar-refractivity contribution in [3.63, 3.8) is 0 Å². The Morgan fingerprint density at radius 3 is 2.44 bits per heavy atom. The highest BCUT2D eigenvalue weighted by Gasteiger charge is 2.45. The zero-order chi connectivity index (χ0) is 13.2. The zero-order valence-corrected chi connectivity index (χ0v) is 12.9. The van der Waals surface area contributed by atoms with Crippen LogP contribution in [-0.4, -0.2) is 38.1 Å². The van der Waals surface area contributed by atoms with E-state index in [4.69, 9.17) is 4.74 Å². The summed E-state index contributed by atoms with van der Waals surface area (Å²) in [6.45, 7) is 0.864. The minimum atomic E-state index is -0.142. The van der Waals surface area contributed by atoms with Gasteiger partial charge < -0.3 is 4.74 Å². The molecule has 0 spiro atoms. The van der Waals surface area contributed by atoms with E-state index >= 15 is 0 Å². The second kappa shape index (κ2) is 5.57. The number of rotatable bonds is 5. The number of hydrogen-bond donors (Lipinski definition) is 0. The molecular weight excluding hydrogens is 341 g/mol. The maximum Gasteiger partial charge on any atom is 0.320 e. The van der Waals surface area contributed by atoms with Gasteiger partial charge in [-0.2, -0.15) is 0 Å². The lowest BCUT2D eigenvalue weighted by Gasteiger charge is -2.17. The van der Waals surface area contributed by atoms with Crippen LogP contribution in [0, 0.1) is 3.57 Å². The maximum absolute atomic E-state index is 11.5. The van der Waals surface area contributed by atoms with Gasteiger partial charge in [-0.1, -0.05) is 12.1 Å². The van der Waals surface area contributed by atoms with Crippen LogP contribution >= 0.6 is 22.6 Å². The summed E-state index contributed by atoms with van der Waals surface area (Å²) in [7, 11) is 3.74. The van der Waals surface area contributed by atoms with Crippen LogP contribution in [0.4, 0.5) is 0 Å². The molecule has 1 saturated carbocycles. The van der Waals surface area contributed by atoms with Gasteiger partial charge in [-0.3, -0.25) is 9.69 Å². The van der Waals surface area contributed by atoms with Crippen molar-refractivity contribution in [3.8, 4) is 0 Å². The van der Waals surface area contributed by atoms with Crippen LogP contribution in [0.5, 0.6) is 0 Å². The molecule has 0 amide bonds. The van der Waals surface area contributed by atoms with E-state index in [1.54, 1.807) is 0 Å². The van der Waals surface area contributed by atoms with Gasteiger partial charge in [-0.05, 0) is 67.2 Å². The molecule has 0 aromatic heterocycles. The number of halogens is 1. The predicted molar refractivity (Wildman–Crippen MR) is 79.6 cm³/mol. The van der Waals surface area contributed by atoms with E-state index in [0.717, 1.165) is 12.8 Å². The van der Waals surface area contributed by atoms with E-state index in [9.17, 15) is 4.79 Å². The number of ether oxygens (including phenoxy) is 1. The van der Waals surface area contributed by atoms with Crippen molar-refractivity contribution in [2.24, 2.45) is 0 Å². The number of carbonyl (C=O) groups excluding carboxylic acids is 1. The molecule has 18 heavy (non-hydrogen) atoms. The van der Waals surface area contributed by atoms with Gasteiger partial charge in [-0.15, -0.1) is 0 Å². The first-order valence-corrected chi connectivity index (χ1v) is 7.16. The van der Waals surface area contributed by atoms with E-state index in [2.05, 4.69) is 46.9 Å². The second-order valence-corrected chi connectivity index (χ2v) is 6.43. The van der Waals surface area contributed by atoms with Gasteiger partial charge >= 0.3 is 5.97 Å². The van der Waals surface area contributed by atoms with Crippen LogP contribution in [0.2, 0.25) is 0 Å². The third kappa shape index (κ3) is 3.45. The molecule has 0 saturated heterocycles.